The van der Waals surface area contributed by atoms with Crippen molar-refractivity contribution >= 4 is 0 Å². The fourth-order valence-electron chi connectivity index (χ4n) is 3.01. The molecule has 0 radical (unpaired) electrons. The molecule has 2 nitrogen and oxygen atoms in total. The maximum atomic E-state index is 6.26. The minimum atomic E-state index is 0.178. The Morgan fingerprint density at radius 1 is 1.24 bits per heavy atom. The van der Waals surface area contributed by atoms with Gasteiger partial charge in [0.25, 0.3) is 0 Å². The molecule has 21 heavy (non-hydrogen) atoms. The minimum absolute atomic E-state index is 0.178. The van der Waals surface area contributed by atoms with Crippen LogP contribution in [0.1, 0.15) is 65.4 Å². The Labute approximate surface area is 130 Å². The van der Waals surface area contributed by atoms with Gasteiger partial charge in [-0.25, -0.2) is 0 Å². The molecule has 0 saturated heterocycles. The van der Waals surface area contributed by atoms with Gasteiger partial charge in [-0.2, -0.15) is 0 Å². The molecule has 0 aromatic heterocycles. The highest BCUT2D eigenvalue weighted by atomic mass is 16.5. The van der Waals surface area contributed by atoms with E-state index in [4.69, 9.17) is 4.74 Å². The molecular formula is C19H31NO. The van der Waals surface area contributed by atoms with Gasteiger partial charge in [0.2, 0.25) is 0 Å². The zero-order chi connectivity index (χ0) is 15.3. The highest BCUT2D eigenvalue weighted by molar-refractivity contribution is 5.32. The fraction of sp³-hybridized carbons (Fsp3) is 0.684. The van der Waals surface area contributed by atoms with Crippen LogP contribution >= 0.6 is 0 Å². The second-order valence-corrected chi connectivity index (χ2v) is 7.34. The average Bonchev–Trinajstić information content (AvgIpc) is 2.45. The van der Waals surface area contributed by atoms with E-state index in [1.807, 2.05) is 0 Å². The molecule has 118 valence electrons. The molecule has 1 aromatic carbocycles. The quantitative estimate of drug-likeness (QED) is 0.850. The van der Waals surface area contributed by atoms with Crippen molar-refractivity contribution < 1.29 is 4.74 Å². The average molecular weight is 289 g/mol. The third kappa shape index (κ3) is 5.03. The van der Waals surface area contributed by atoms with Crippen molar-refractivity contribution in [2.75, 3.05) is 6.54 Å². The predicted molar refractivity (Wildman–Crippen MR) is 90.1 cm³/mol. The van der Waals surface area contributed by atoms with E-state index >= 15 is 0 Å². The molecule has 2 heteroatoms. The topological polar surface area (TPSA) is 21.3 Å². The van der Waals surface area contributed by atoms with E-state index in [-0.39, 0.29) is 5.41 Å². The van der Waals surface area contributed by atoms with Crippen molar-refractivity contribution in [1.82, 2.24) is 5.32 Å². The lowest BCUT2D eigenvalue weighted by Crippen LogP contribution is -2.38. The van der Waals surface area contributed by atoms with Crippen LogP contribution in [0.4, 0.5) is 0 Å². The third-order valence-corrected chi connectivity index (χ3v) is 4.31. The number of nitrogens with one attached hydrogen (secondary N) is 1. The standard InChI is InChI=1S/C19H31NO/c1-5-12-20-16-9-7-11-18(14-16)21-17-10-6-8-15(13-17)19(2,3)4/h6,8,10,13,16,18,20H,5,7,9,11-12,14H2,1-4H3. The molecule has 1 fully saturated rings. The summed E-state index contributed by atoms with van der Waals surface area (Å²) in [6.07, 6.45) is 6.45. The smallest absolute Gasteiger partial charge is 0.120 e. The zero-order valence-corrected chi connectivity index (χ0v) is 14.1. The van der Waals surface area contributed by atoms with Crippen molar-refractivity contribution in [3.63, 3.8) is 0 Å². The van der Waals surface area contributed by atoms with Crippen molar-refractivity contribution in [1.29, 1.82) is 0 Å². The Hall–Kier alpha value is -1.02. The van der Waals surface area contributed by atoms with Crippen LogP contribution in [0.2, 0.25) is 0 Å². The first-order valence-electron chi connectivity index (χ1n) is 8.49. The highest BCUT2D eigenvalue weighted by Gasteiger charge is 2.23. The van der Waals surface area contributed by atoms with Crippen molar-refractivity contribution in [2.45, 2.75) is 77.4 Å². The molecule has 1 saturated carbocycles. The Morgan fingerprint density at radius 3 is 2.76 bits per heavy atom. The number of benzene rings is 1. The van der Waals surface area contributed by atoms with Crippen LogP contribution in [0.5, 0.6) is 5.75 Å². The summed E-state index contributed by atoms with van der Waals surface area (Å²) in [5.74, 6) is 1.03. The van der Waals surface area contributed by atoms with Crippen LogP contribution in [-0.2, 0) is 5.41 Å². The van der Waals surface area contributed by atoms with Gasteiger partial charge in [0, 0.05) is 6.04 Å². The SMILES string of the molecule is CCCNC1CCCC(Oc2cccc(C(C)(C)C)c2)C1. The van der Waals surface area contributed by atoms with E-state index < -0.39 is 0 Å². The molecule has 0 bridgehead atoms. The van der Waals surface area contributed by atoms with E-state index in [1.54, 1.807) is 0 Å². The number of hydrogen-bond acceptors (Lipinski definition) is 2. The molecule has 2 atom stereocenters. The van der Waals surface area contributed by atoms with Crippen LogP contribution in [0, 0.1) is 0 Å². The summed E-state index contributed by atoms with van der Waals surface area (Å²) in [4.78, 5) is 0. The van der Waals surface area contributed by atoms with E-state index in [0.717, 1.165) is 18.7 Å². The Morgan fingerprint density at radius 2 is 2.05 bits per heavy atom. The first-order chi connectivity index (χ1) is 9.99. The van der Waals surface area contributed by atoms with E-state index in [1.165, 1.54) is 31.2 Å². The number of hydrogen-bond donors (Lipinski definition) is 1. The predicted octanol–water partition coefficient (Wildman–Crippen LogP) is 4.67. The normalized spacial score (nSPS) is 23.0. The van der Waals surface area contributed by atoms with E-state index in [0.29, 0.717) is 12.1 Å². The molecule has 0 amide bonds. The summed E-state index contributed by atoms with van der Waals surface area (Å²) in [5.41, 5.74) is 1.52. The zero-order valence-electron chi connectivity index (χ0n) is 14.1. The fourth-order valence-corrected chi connectivity index (χ4v) is 3.01. The maximum Gasteiger partial charge on any atom is 0.120 e. The Balaban J connectivity index is 1.95. The lowest BCUT2D eigenvalue weighted by Gasteiger charge is -2.30. The van der Waals surface area contributed by atoms with Gasteiger partial charge < -0.3 is 10.1 Å². The van der Waals surface area contributed by atoms with Gasteiger partial charge in [-0.1, -0.05) is 39.8 Å². The van der Waals surface area contributed by atoms with Crippen LogP contribution in [0.3, 0.4) is 0 Å². The Kier molecular flexibility index (Phi) is 5.69. The third-order valence-electron chi connectivity index (χ3n) is 4.31. The van der Waals surface area contributed by atoms with Gasteiger partial charge in [0.1, 0.15) is 11.9 Å². The van der Waals surface area contributed by atoms with Gasteiger partial charge in [0.05, 0.1) is 0 Å². The second-order valence-electron chi connectivity index (χ2n) is 7.34. The van der Waals surface area contributed by atoms with Crippen molar-refractivity contribution in [2.24, 2.45) is 0 Å². The van der Waals surface area contributed by atoms with Gasteiger partial charge in [-0.05, 0) is 61.8 Å². The molecule has 2 unspecified atom stereocenters. The van der Waals surface area contributed by atoms with Gasteiger partial charge in [0.15, 0.2) is 0 Å². The van der Waals surface area contributed by atoms with Gasteiger partial charge in [-0.3, -0.25) is 0 Å². The number of ether oxygens (including phenoxy) is 1. The van der Waals surface area contributed by atoms with Crippen molar-refractivity contribution in [3.8, 4) is 5.75 Å². The molecular weight excluding hydrogens is 258 g/mol. The summed E-state index contributed by atoms with van der Waals surface area (Å²) >= 11 is 0. The monoisotopic (exact) mass is 289 g/mol. The van der Waals surface area contributed by atoms with Crippen LogP contribution in [0.25, 0.3) is 0 Å². The molecule has 1 aromatic rings. The first-order valence-corrected chi connectivity index (χ1v) is 8.49. The van der Waals surface area contributed by atoms with E-state index in [2.05, 4.69) is 57.3 Å². The van der Waals surface area contributed by atoms with E-state index in [9.17, 15) is 0 Å². The molecule has 1 N–H and O–H groups in total. The Bertz CT molecular complexity index is 435. The minimum Gasteiger partial charge on any atom is -0.490 e. The van der Waals surface area contributed by atoms with Gasteiger partial charge in [-0.15, -0.1) is 0 Å². The summed E-state index contributed by atoms with van der Waals surface area (Å²) in [6, 6.07) is 9.25. The largest absolute Gasteiger partial charge is 0.490 e. The molecule has 1 aliphatic rings. The summed E-state index contributed by atoms with van der Waals surface area (Å²) < 4.78 is 6.26. The van der Waals surface area contributed by atoms with Gasteiger partial charge >= 0.3 is 0 Å². The number of rotatable bonds is 5. The molecule has 0 aliphatic heterocycles. The molecule has 2 rings (SSSR count). The van der Waals surface area contributed by atoms with Crippen molar-refractivity contribution in [3.05, 3.63) is 29.8 Å². The lowest BCUT2D eigenvalue weighted by molar-refractivity contribution is 0.134. The summed E-state index contributed by atoms with van der Waals surface area (Å²) in [6.45, 7) is 10.1. The second kappa shape index (κ2) is 7.31. The van der Waals surface area contributed by atoms with Crippen LogP contribution in [-0.4, -0.2) is 18.7 Å². The lowest BCUT2D eigenvalue weighted by atomic mass is 9.87. The molecule has 0 spiro atoms. The van der Waals surface area contributed by atoms with Crippen LogP contribution < -0.4 is 10.1 Å². The summed E-state index contributed by atoms with van der Waals surface area (Å²) in [7, 11) is 0. The first kappa shape index (κ1) is 16.4. The summed E-state index contributed by atoms with van der Waals surface area (Å²) in [5, 5.41) is 3.64. The molecule has 1 aliphatic carbocycles. The molecule has 0 heterocycles. The van der Waals surface area contributed by atoms with Crippen LogP contribution in [0.15, 0.2) is 24.3 Å². The highest BCUT2D eigenvalue weighted by Crippen LogP contribution is 2.28. The maximum absolute atomic E-state index is 6.26.